The van der Waals surface area contributed by atoms with Crippen molar-refractivity contribution in [2.45, 2.75) is 43.6 Å². The molecular formula is C29H29N5O5S. The van der Waals surface area contributed by atoms with Gasteiger partial charge in [-0.3, -0.25) is 9.78 Å². The highest BCUT2D eigenvalue weighted by Crippen LogP contribution is 2.33. The highest BCUT2D eigenvalue weighted by molar-refractivity contribution is 7.91. The van der Waals surface area contributed by atoms with Crippen molar-refractivity contribution in [1.82, 2.24) is 20.3 Å². The Morgan fingerprint density at radius 1 is 1.05 bits per heavy atom. The van der Waals surface area contributed by atoms with E-state index in [9.17, 15) is 18.3 Å². The Hall–Kier alpha value is -3.93. The minimum Gasteiger partial charge on any atom is -0.387 e. The van der Waals surface area contributed by atoms with E-state index >= 15 is 0 Å². The van der Waals surface area contributed by atoms with Crippen molar-refractivity contribution in [3.8, 4) is 11.4 Å². The van der Waals surface area contributed by atoms with Crippen molar-refractivity contribution in [3.05, 3.63) is 77.6 Å². The molecule has 1 saturated heterocycles. The topological polar surface area (TPSA) is 135 Å². The number of amides is 1. The number of ether oxygens (including phenoxy) is 1. The van der Waals surface area contributed by atoms with Crippen LogP contribution in [0.5, 0.6) is 0 Å². The van der Waals surface area contributed by atoms with Crippen molar-refractivity contribution in [2.24, 2.45) is 0 Å². The predicted octanol–water partition coefficient (Wildman–Crippen LogP) is 3.06. The summed E-state index contributed by atoms with van der Waals surface area (Å²) >= 11 is 0. The highest BCUT2D eigenvalue weighted by atomic mass is 32.2. The van der Waals surface area contributed by atoms with Crippen molar-refractivity contribution in [1.29, 1.82) is 0 Å². The molecule has 0 saturated carbocycles. The lowest BCUT2D eigenvalue weighted by atomic mass is 10.1. The molecule has 2 aliphatic rings. The number of morpholine rings is 1. The van der Waals surface area contributed by atoms with E-state index < -0.39 is 21.8 Å². The number of carbonyl (C=O) groups excluding carboxylic acids is 1. The van der Waals surface area contributed by atoms with E-state index in [0.29, 0.717) is 11.3 Å². The Bertz CT molecular complexity index is 1720. The molecular weight excluding hydrogens is 530 g/mol. The van der Waals surface area contributed by atoms with Gasteiger partial charge in [-0.15, -0.1) is 0 Å². The Labute approximate surface area is 232 Å². The van der Waals surface area contributed by atoms with Gasteiger partial charge in [0.05, 0.1) is 58.1 Å². The number of hydrogen-bond donors (Lipinski definition) is 2. The number of aliphatic hydroxyl groups is 1. The summed E-state index contributed by atoms with van der Waals surface area (Å²) in [7, 11) is -3.61. The number of aromatic nitrogens is 3. The average molecular weight is 560 g/mol. The zero-order valence-electron chi connectivity index (χ0n) is 22.1. The van der Waals surface area contributed by atoms with Crippen LogP contribution < -0.4 is 10.2 Å². The van der Waals surface area contributed by atoms with Gasteiger partial charge in [0.25, 0.3) is 5.91 Å². The van der Waals surface area contributed by atoms with E-state index in [1.807, 2.05) is 36.4 Å². The molecule has 1 aromatic carbocycles. The molecule has 6 rings (SSSR count). The molecule has 40 heavy (non-hydrogen) atoms. The summed E-state index contributed by atoms with van der Waals surface area (Å²) in [5.41, 5.74) is 3.33. The van der Waals surface area contributed by atoms with Crippen LogP contribution in [-0.2, 0) is 21.1 Å². The SMILES string of the molecule is C[C@@H]1CN(c2cccc(-c3ccc4cnc(CNC(=O)c5ccc6c(c5)S(=O)(=O)C[C@H]6O)cc4n3)n2)C[C@H](C)O1. The number of nitrogens with zero attached hydrogens (tertiary/aromatic N) is 4. The molecule has 2 N–H and O–H groups in total. The number of anilines is 1. The van der Waals surface area contributed by atoms with Crippen LogP contribution in [0.2, 0.25) is 0 Å². The number of carbonyl (C=O) groups is 1. The number of fused-ring (bicyclic) bond motifs is 2. The van der Waals surface area contributed by atoms with Gasteiger partial charge in [0.15, 0.2) is 9.84 Å². The number of hydrogen-bond acceptors (Lipinski definition) is 9. The standard InChI is InChI=1S/C29H29N5O5S/c1-17-14-34(15-18(2)39-17)28-5-3-4-23(33-28)24-9-7-20-12-30-21(11-25(20)32-24)13-31-29(36)19-6-8-22-26(35)16-40(37,38)27(22)10-19/h3-12,17-18,26,35H,13-16H2,1-2H3,(H,31,36)/t17-,18+,26-/m1/s1. The fourth-order valence-electron chi connectivity index (χ4n) is 5.28. The van der Waals surface area contributed by atoms with Crippen molar-refractivity contribution in [3.63, 3.8) is 0 Å². The van der Waals surface area contributed by atoms with E-state index in [-0.39, 0.29) is 35.0 Å². The molecule has 0 radical (unpaired) electrons. The molecule has 2 aliphatic heterocycles. The van der Waals surface area contributed by atoms with Crippen LogP contribution in [0, 0.1) is 0 Å². The predicted molar refractivity (Wildman–Crippen MR) is 150 cm³/mol. The van der Waals surface area contributed by atoms with Gasteiger partial charge in [-0.25, -0.2) is 18.4 Å². The third-order valence-electron chi connectivity index (χ3n) is 7.15. The zero-order chi connectivity index (χ0) is 28.0. The quantitative estimate of drug-likeness (QED) is 0.378. The lowest BCUT2D eigenvalue weighted by Gasteiger charge is -2.36. The van der Waals surface area contributed by atoms with Crippen molar-refractivity contribution in [2.75, 3.05) is 23.7 Å². The fraction of sp³-hybridized carbons (Fsp3) is 0.310. The molecule has 3 aromatic heterocycles. The summed E-state index contributed by atoms with van der Waals surface area (Å²) in [5, 5.41) is 13.6. The minimum absolute atomic E-state index is 0.00327. The van der Waals surface area contributed by atoms with Gasteiger partial charge in [-0.1, -0.05) is 12.1 Å². The van der Waals surface area contributed by atoms with Crippen molar-refractivity contribution < 1.29 is 23.1 Å². The summed E-state index contributed by atoms with van der Waals surface area (Å²) in [4.78, 5) is 29.1. The van der Waals surface area contributed by atoms with Gasteiger partial charge in [0.1, 0.15) is 5.82 Å². The third-order valence-corrected chi connectivity index (χ3v) is 8.93. The monoisotopic (exact) mass is 559 g/mol. The van der Waals surface area contributed by atoms with Crippen LogP contribution in [0.3, 0.4) is 0 Å². The maximum absolute atomic E-state index is 12.8. The molecule has 0 unspecified atom stereocenters. The van der Waals surface area contributed by atoms with E-state index in [1.54, 1.807) is 6.20 Å². The molecule has 1 amide bonds. The fourth-order valence-corrected chi connectivity index (χ4v) is 6.93. The van der Waals surface area contributed by atoms with Crippen LogP contribution in [-0.4, -0.2) is 65.4 Å². The van der Waals surface area contributed by atoms with Gasteiger partial charge in [0.2, 0.25) is 0 Å². The van der Waals surface area contributed by atoms with Gasteiger partial charge >= 0.3 is 0 Å². The number of rotatable bonds is 5. The first-order valence-corrected chi connectivity index (χ1v) is 14.8. The summed E-state index contributed by atoms with van der Waals surface area (Å²) in [6.07, 6.45) is 0.893. The number of benzene rings is 1. The number of sulfone groups is 1. The summed E-state index contributed by atoms with van der Waals surface area (Å²) in [5.74, 6) is 0.0821. The number of nitrogens with one attached hydrogen (secondary N) is 1. The molecule has 10 nitrogen and oxygen atoms in total. The lowest BCUT2D eigenvalue weighted by molar-refractivity contribution is -0.00545. The van der Waals surface area contributed by atoms with Gasteiger partial charge < -0.3 is 20.1 Å². The first-order chi connectivity index (χ1) is 19.2. The summed E-state index contributed by atoms with van der Waals surface area (Å²) in [6, 6.07) is 15.9. The molecule has 5 heterocycles. The lowest BCUT2D eigenvalue weighted by Crippen LogP contribution is -2.45. The first-order valence-electron chi connectivity index (χ1n) is 13.1. The van der Waals surface area contributed by atoms with Crippen LogP contribution >= 0.6 is 0 Å². The number of pyridine rings is 3. The molecule has 206 valence electrons. The van der Waals surface area contributed by atoms with Crippen LogP contribution in [0.25, 0.3) is 22.3 Å². The van der Waals surface area contributed by atoms with E-state index in [2.05, 4.69) is 29.0 Å². The highest BCUT2D eigenvalue weighted by Gasteiger charge is 2.34. The average Bonchev–Trinajstić information content (AvgIpc) is 3.17. The maximum Gasteiger partial charge on any atom is 0.251 e. The Kier molecular flexibility index (Phi) is 6.73. The maximum atomic E-state index is 12.8. The third kappa shape index (κ3) is 5.15. The Morgan fingerprint density at radius 2 is 1.82 bits per heavy atom. The minimum atomic E-state index is -3.61. The molecule has 1 fully saturated rings. The van der Waals surface area contributed by atoms with E-state index in [0.717, 1.165) is 41.2 Å². The second-order valence-electron chi connectivity index (χ2n) is 10.3. The zero-order valence-corrected chi connectivity index (χ0v) is 22.9. The normalized spacial score (nSPS) is 21.8. The molecule has 3 atom stereocenters. The second-order valence-corrected chi connectivity index (χ2v) is 12.3. The first kappa shape index (κ1) is 26.3. The van der Waals surface area contributed by atoms with Crippen LogP contribution in [0.1, 0.15) is 41.6 Å². The summed E-state index contributed by atoms with van der Waals surface area (Å²) < 4.78 is 30.4. The summed E-state index contributed by atoms with van der Waals surface area (Å²) in [6.45, 7) is 5.81. The van der Waals surface area contributed by atoms with Crippen LogP contribution in [0.4, 0.5) is 5.82 Å². The van der Waals surface area contributed by atoms with Gasteiger partial charge in [-0.2, -0.15) is 0 Å². The van der Waals surface area contributed by atoms with E-state index in [1.165, 1.54) is 18.2 Å². The molecule has 0 bridgehead atoms. The van der Waals surface area contributed by atoms with Crippen molar-refractivity contribution >= 4 is 32.5 Å². The van der Waals surface area contributed by atoms with E-state index in [4.69, 9.17) is 14.7 Å². The largest absolute Gasteiger partial charge is 0.387 e. The second kappa shape index (κ2) is 10.2. The number of aliphatic hydroxyl groups excluding tert-OH is 1. The smallest absolute Gasteiger partial charge is 0.251 e. The van der Waals surface area contributed by atoms with Crippen LogP contribution in [0.15, 0.2) is 65.7 Å². The van der Waals surface area contributed by atoms with Gasteiger partial charge in [0, 0.05) is 35.8 Å². The molecule has 4 aromatic rings. The molecule has 0 aliphatic carbocycles. The molecule has 0 spiro atoms. The Balaban J connectivity index is 1.20. The Morgan fingerprint density at radius 3 is 2.62 bits per heavy atom. The molecule has 11 heteroatoms. The van der Waals surface area contributed by atoms with Gasteiger partial charge in [-0.05, 0) is 56.3 Å².